The molecule has 2 heteroatoms. The summed E-state index contributed by atoms with van der Waals surface area (Å²) in [5.74, 6) is 0. The van der Waals surface area contributed by atoms with Crippen LogP contribution in [0.3, 0.4) is 0 Å². The molecule has 0 rings (SSSR count). The molecule has 0 unspecified atom stereocenters. The SMILES string of the molecule is CCN(CC)[P+](C)(C)C. The summed E-state index contributed by atoms with van der Waals surface area (Å²) in [5.41, 5.74) is 0. The highest BCUT2D eigenvalue weighted by Crippen LogP contribution is 2.50. The van der Waals surface area contributed by atoms with Crippen molar-refractivity contribution in [2.75, 3.05) is 33.1 Å². The van der Waals surface area contributed by atoms with E-state index in [1.54, 1.807) is 0 Å². The van der Waals surface area contributed by atoms with Crippen molar-refractivity contribution in [2.45, 2.75) is 13.8 Å². The van der Waals surface area contributed by atoms with Crippen LogP contribution in [0.1, 0.15) is 13.8 Å². The molecule has 9 heavy (non-hydrogen) atoms. The van der Waals surface area contributed by atoms with Crippen molar-refractivity contribution in [3.05, 3.63) is 0 Å². The monoisotopic (exact) mass is 148 g/mol. The van der Waals surface area contributed by atoms with Gasteiger partial charge >= 0.3 is 0 Å². The van der Waals surface area contributed by atoms with Gasteiger partial charge < -0.3 is 0 Å². The van der Waals surface area contributed by atoms with Gasteiger partial charge in [-0.1, -0.05) is 0 Å². The molecule has 0 saturated heterocycles. The van der Waals surface area contributed by atoms with E-state index >= 15 is 0 Å². The first-order valence-corrected chi connectivity index (χ1v) is 6.67. The van der Waals surface area contributed by atoms with E-state index in [2.05, 4.69) is 38.5 Å². The lowest BCUT2D eigenvalue weighted by Crippen LogP contribution is -2.21. The average molecular weight is 148 g/mol. The van der Waals surface area contributed by atoms with Crippen LogP contribution in [0.5, 0.6) is 0 Å². The summed E-state index contributed by atoms with van der Waals surface area (Å²) in [4.78, 5) is 0. The van der Waals surface area contributed by atoms with Crippen molar-refractivity contribution in [3.8, 4) is 0 Å². The number of nitrogens with zero attached hydrogens (tertiary/aromatic N) is 1. The highest BCUT2D eigenvalue weighted by Gasteiger charge is 2.24. The average Bonchev–Trinajstić information content (AvgIpc) is 1.65. The molecule has 56 valence electrons. The molecule has 0 aromatic rings. The van der Waals surface area contributed by atoms with Crippen molar-refractivity contribution >= 4 is 7.41 Å². The second-order valence-corrected chi connectivity index (χ2v) is 7.53. The maximum absolute atomic E-state index is 2.55. The van der Waals surface area contributed by atoms with Gasteiger partial charge in [-0.05, 0) is 13.8 Å². The van der Waals surface area contributed by atoms with E-state index < -0.39 is 7.41 Å². The molecule has 0 amide bonds. The van der Waals surface area contributed by atoms with E-state index in [0.717, 1.165) is 0 Å². The minimum absolute atomic E-state index is 0.693. The first-order chi connectivity index (χ1) is 4.02. The Morgan fingerprint density at radius 3 is 1.33 bits per heavy atom. The Hall–Kier alpha value is 0.390. The van der Waals surface area contributed by atoms with E-state index in [4.69, 9.17) is 0 Å². The normalized spacial score (nSPS) is 12.7. The number of hydrogen-bond donors (Lipinski definition) is 0. The van der Waals surface area contributed by atoms with E-state index in [1.165, 1.54) is 13.1 Å². The zero-order chi connectivity index (χ0) is 7.49. The Bertz CT molecular complexity index is 71.5. The molecule has 0 aliphatic heterocycles. The first-order valence-electron chi connectivity index (χ1n) is 3.59. The third-order valence-electron chi connectivity index (χ3n) is 1.58. The molecule has 0 radical (unpaired) electrons. The van der Waals surface area contributed by atoms with E-state index in [-0.39, 0.29) is 0 Å². The molecule has 0 bridgehead atoms. The number of hydrogen-bond acceptors (Lipinski definition) is 1. The molecule has 0 aliphatic carbocycles. The summed E-state index contributed by atoms with van der Waals surface area (Å²) < 4.78 is 2.55. The van der Waals surface area contributed by atoms with Crippen LogP contribution < -0.4 is 0 Å². The van der Waals surface area contributed by atoms with Crippen LogP contribution in [0.4, 0.5) is 0 Å². The lowest BCUT2D eigenvalue weighted by atomic mass is 10.7. The van der Waals surface area contributed by atoms with Gasteiger partial charge in [-0.2, -0.15) is 4.67 Å². The highest BCUT2D eigenvalue weighted by atomic mass is 31.2. The minimum Gasteiger partial charge on any atom is -0.182 e. The van der Waals surface area contributed by atoms with E-state index in [9.17, 15) is 0 Å². The van der Waals surface area contributed by atoms with Crippen LogP contribution in [-0.2, 0) is 0 Å². The van der Waals surface area contributed by atoms with Crippen LogP contribution >= 0.6 is 7.41 Å². The fourth-order valence-corrected chi connectivity index (χ4v) is 2.77. The molecule has 0 aromatic carbocycles. The van der Waals surface area contributed by atoms with Gasteiger partial charge in [0.15, 0.2) is 0 Å². The Balaban J connectivity index is 3.79. The van der Waals surface area contributed by atoms with Gasteiger partial charge in [-0.25, -0.2) is 0 Å². The summed E-state index contributed by atoms with van der Waals surface area (Å²) >= 11 is 0. The van der Waals surface area contributed by atoms with Gasteiger partial charge in [-0.15, -0.1) is 0 Å². The van der Waals surface area contributed by atoms with Crippen LogP contribution in [0.25, 0.3) is 0 Å². The third-order valence-corrected chi connectivity index (χ3v) is 3.84. The fourth-order valence-electron chi connectivity index (χ4n) is 1.07. The zero-order valence-corrected chi connectivity index (χ0v) is 8.20. The Kier molecular flexibility index (Phi) is 3.68. The van der Waals surface area contributed by atoms with Crippen LogP contribution in [0.2, 0.25) is 0 Å². The lowest BCUT2D eigenvalue weighted by Gasteiger charge is -2.25. The quantitative estimate of drug-likeness (QED) is 0.554. The molecule has 1 nitrogen and oxygen atoms in total. The van der Waals surface area contributed by atoms with Gasteiger partial charge in [0.1, 0.15) is 0 Å². The Labute approximate surface area is 59.8 Å². The fraction of sp³-hybridized carbons (Fsp3) is 1.00. The van der Waals surface area contributed by atoms with E-state index in [1.807, 2.05) is 0 Å². The van der Waals surface area contributed by atoms with Gasteiger partial charge in [0.2, 0.25) is 0 Å². The summed E-state index contributed by atoms with van der Waals surface area (Å²) in [6.45, 7) is 13.9. The van der Waals surface area contributed by atoms with Gasteiger partial charge in [0.25, 0.3) is 0 Å². The molecular formula is C7H19NP+. The molecule has 0 spiro atoms. The predicted molar refractivity (Wildman–Crippen MR) is 47.6 cm³/mol. The molecule has 0 fully saturated rings. The summed E-state index contributed by atoms with van der Waals surface area (Å²) in [7, 11) is -0.693. The molecule has 0 saturated carbocycles. The summed E-state index contributed by atoms with van der Waals surface area (Å²) in [5, 5.41) is 0. The largest absolute Gasteiger partial charge is 0.182 e. The van der Waals surface area contributed by atoms with Gasteiger partial charge in [0, 0.05) is 13.1 Å². The van der Waals surface area contributed by atoms with Crippen molar-refractivity contribution in [1.82, 2.24) is 4.67 Å². The molecule has 0 aromatic heterocycles. The summed E-state index contributed by atoms with van der Waals surface area (Å²) in [6.07, 6.45) is 0. The molecule has 0 heterocycles. The maximum Gasteiger partial charge on any atom is 0.0741 e. The highest BCUT2D eigenvalue weighted by molar-refractivity contribution is 7.71. The molecule has 0 N–H and O–H groups in total. The third kappa shape index (κ3) is 3.17. The van der Waals surface area contributed by atoms with Crippen molar-refractivity contribution in [3.63, 3.8) is 0 Å². The number of rotatable bonds is 3. The van der Waals surface area contributed by atoms with Crippen molar-refractivity contribution in [1.29, 1.82) is 0 Å². The second-order valence-electron chi connectivity index (χ2n) is 3.08. The van der Waals surface area contributed by atoms with Crippen molar-refractivity contribution in [2.24, 2.45) is 0 Å². The van der Waals surface area contributed by atoms with Crippen LogP contribution in [0.15, 0.2) is 0 Å². The molecule has 0 aliphatic rings. The molecular weight excluding hydrogens is 129 g/mol. The second kappa shape index (κ2) is 3.53. The van der Waals surface area contributed by atoms with Crippen LogP contribution in [-0.4, -0.2) is 37.8 Å². The van der Waals surface area contributed by atoms with Gasteiger partial charge in [0.05, 0.1) is 27.4 Å². The predicted octanol–water partition coefficient (Wildman–Crippen LogP) is 2.15. The van der Waals surface area contributed by atoms with Crippen molar-refractivity contribution < 1.29 is 0 Å². The Morgan fingerprint density at radius 1 is 1.00 bits per heavy atom. The lowest BCUT2D eigenvalue weighted by molar-refractivity contribution is 0.502. The molecule has 0 atom stereocenters. The van der Waals surface area contributed by atoms with Gasteiger partial charge in [-0.3, -0.25) is 0 Å². The standard InChI is InChI=1S/C7H19NP/c1-6-8(7-2)9(3,4)5/h6-7H2,1-5H3/q+1. The minimum atomic E-state index is -0.693. The first kappa shape index (κ1) is 9.39. The topological polar surface area (TPSA) is 3.24 Å². The Morgan fingerprint density at radius 2 is 1.33 bits per heavy atom. The summed E-state index contributed by atoms with van der Waals surface area (Å²) in [6, 6.07) is 0. The maximum atomic E-state index is 2.55. The smallest absolute Gasteiger partial charge is 0.0741 e. The van der Waals surface area contributed by atoms with Crippen LogP contribution in [0, 0.1) is 0 Å². The zero-order valence-electron chi connectivity index (χ0n) is 7.31. The van der Waals surface area contributed by atoms with E-state index in [0.29, 0.717) is 0 Å².